The maximum absolute atomic E-state index is 11.8. The van der Waals surface area contributed by atoms with Crippen molar-refractivity contribution in [1.82, 2.24) is 20.8 Å². The maximum atomic E-state index is 11.8. The monoisotopic (exact) mass is 224 g/mol. The number of H-pyrrole nitrogens is 1. The number of nitrogens with one attached hydrogen (secondary N) is 3. The van der Waals surface area contributed by atoms with E-state index in [2.05, 4.69) is 20.8 Å². The number of rotatable bonds is 3. The van der Waals surface area contributed by atoms with Gasteiger partial charge in [-0.05, 0) is 13.0 Å². The highest BCUT2D eigenvalue weighted by Crippen LogP contribution is 2.05. The van der Waals surface area contributed by atoms with Crippen molar-refractivity contribution in [2.45, 2.75) is 19.1 Å². The molecule has 1 aliphatic heterocycles. The molecule has 3 N–H and O–H groups in total. The van der Waals surface area contributed by atoms with Crippen LogP contribution in [-0.4, -0.2) is 48.4 Å². The van der Waals surface area contributed by atoms with Gasteiger partial charge in [0.2, 0.25) is 0 Å². The number of aromatic amines is 1. The van der Waals surface area contributed by atoms with E-state index in [1.807, 2.05) is 6.92 Å². The lowest BCUT2D eigenvalue weighted by Gasteiger charge is -2.17. The lowest BCUT2D eigenvalue weighted by atomic mass is 10.2. The van der Waals surface area contributed by atoms with Crippen LogP contribution >= 0.6 is 0 Å². The molecule has 0 aromatic carbocycles. The van der Waals surface area contributed by atoms with Gasteiger partial charge in [0.25, 0.3) is 5.91 Å². The van der Waals surface area contributed by atoms with Crippen molar-refractivity contribution < 1.29 is 9.53 Å². The van der Waals surface area contributed by atoms with Crippen molar-refractivity contribution in [2.75, 3.05) is 20.2 Å². The SMILES string of the molecule is CO[C@H]1CNCC1NC(=O)c1cc(C)[nH]n1. The summed E-state index contributed by atoms with van der Waals surface area (Å²) >= 11 is 0. The number of hydrogen-bond donors (Lipinski definition) is 3. The third-order valence-corrected chi connectivity index (χ3v) is 2.72. The summed E-state index contributed by atoms with van der Waals surface area (Å²) in [5.41, 5.74) is 1.29. The van der Waals surface area contributed by atoms with Crippen molar-refractivity contribution in [3.05, 3.63) is 17.5 Å². The van der Waals surface area contributed by atoms with Gasteiger partial charge in [-0.1, -0.05) is 0 Å². The molecule has 1 aromatic rings. The average Bonchev–Trinajstić information content (AvgIpc) is 2.86. The highest BCUT2D eigenvalue weighted by atomic mass is 16.5. The number of ether oxygens (including phenoxy) is 1. The second-order valence-corrected chi connectivity index (χ2v) is 3.95. The van der Waals surface area contributed by atoms with Crippen LogP contribution in [0.15, 0.2) is 6.07 Å². The van der Waals surface area contributed by atoms with E-state index in [0.717, 1.165) is 18.8 Å². The summed E-state index contributed by atoms with van der Waals surface area (Å²) < 4.78 is 5.26. The minimum Gasteiger partial charge on any atom is -0.378 e. The van der Waals surface area contributed by atoms with Crippen molar-refractivity contribution in [2.24, 2.45) is 0 Å². The Morgan fingerprint density at radius 1 is 1.62 bits per heavy atom. The molecule has 1 saturated heterocycles. The normalized spacial score (nSPS) is 24.6. The van der Waals surface area contributed by atoms with Gasteiger partial charge in [0, 0.05) is 25.9 Å². The molecule has 1 aromatic heterocycles. The Kier molecular flexibility index (Phi) is 3.21. The molecule has 0 saturated carbocycles. The molecule has 0 aliphatic carbocycles. The quantitative estimate of drug-likeness (QED) is 0.642. The Balaban J connectivity index is 1.97. The van der Waals surface area contributed by atoms with Gasteiger partial charge < -0.3 is 15.4 Å². The number of hydrogen-bond acceptors (Lipinski definition) is 4. The number of nitrogens with zero attached hydrogens (tertiary/aromatic N) is 1. The summed E-state index contributed by atoms with van der Waals surface area (Å²) in [6.07, 6.45) is 0.0315. The average molecular weight is 224 g/mol. The molecule has 0 spiro atoms. The van der Waals surface area contributed by atoms with Gasteiger partial charge in [0.05, 0.1) is 12.1 Å². The minimum atomic E-state index is -0.167. The lowest BCUT2D eigenvalue weighted by Crippen LogP contribution is -2.43. The molecule has 1 amide bonds. The number of aryl methyl sites for hydroxylation is 1. The zero-order valence-corrected chi connectivity index (χ0v) is 9.41. The second kappa shape index (κ2) is 4.63. The van der Waals surface area contributed by atoms with Gasteiger partial charge in [-0.3, -0.25) is 9.89 Å². The van der Waals surface area contributed by atoms with Gasteiger partial charge in [0.1, 0.15) is 5.69 Å². The molecule has 2 atom stereocenters. The largest absolute Gasteiger partial charge is 0.378 e. The molecular weight excluding hydrogens is 208 g/mol. The molecule has 6 nitrogen and oxygen atoms in total. The van der Waals surface area contributed by atoms with Crippen molar-refractivity contribution in [3.63, 3.8) is 0 Å². The van der Waals surface area contributed by atoms with E-state index >= 15 is 0 Å². The standard InChI is InChI=1S/C10H16N4O2/c1-6-3-7(14-13-6)10(15)12-8-4-11-5-9(8)16-2/h3,8-9,11H,4-5H2,1-2H3,(H,12,15)(H,13,14)/t8?,9-/m0/s1. The van der Waals surface area contributed by atoms with Gasteiger partial charge in [-0.15, -0.1) is 0 Å². The van der Waals surface area contributed by atoms with Crippen LogP contribution in [0.25, 0.3) is 0 Å². The molecule has 88 valence electrons. The zero-order valence-electron chi connectivity index (χ0n) is 9.41. The van der Waals surface area contributed by atoms with E-state index in [1.54, 1.807) is 13.2 Å². The molecular formula is C10H16N4O2. The van der Waals surface area contributed by atoms with Crippen LogP contribution in [0.4, 0.5) is 0 Å². The van der Waals surface area contributed by atoms with E-state index < -0.39 is 0 Å². The van der Waals surface area contributed by atoms with Crippen LogP contribution in [0.5, 0.6) is 0 Å². The molecule has 0 bridgehead atoms. The summed E-state index contributed by atoms with van der Waals surface area (Å²) in [7, 11) is 1.65. The molecule has 2 rings (SSSR count). The van der Waals surface area contributed by atoms with E-state index in [1.165, 1.54) is 0 Å². The van der Waals surface area contributed by atoms with Crippen LogP contribution in [0, 0.1) is 6.92 Å². The maximum Gasteiger partial charge on any atom is 0.272 e. The van der Waals surface area contributed by atoms with Crippen LogP contribution in [0.3, 0.4) is 0 Å². The molecule has 1 fully saturated rings. The molecule has 0 radical (unpaired) electrons. The Bertz CT molecular complexity index is 377. The topological polar surface area (TPSA) is 79.0 Å². The number of carbonyl (C=O) groups excluding carboxylic acids is 1. The minimum absolute atomic E-state index is 0.00880. The molecule has 1 aliphatic rings. The summed E-state index contributed by atoms with van der Waals surface area (Å²) in [6.45, 7) is 3.35. The third-order valence-electron chi connectivity index (χ3n) is 2.72. The first-order chi connectivity index (χ1) is 7.70. The predicted molar refractivity (Wildman–Crippen MR) is 58.2 cm³/mol. The fraction of sp³-hybridized carbons (Fsp3) is 0.600. The number of carbonyl (C=O) groups is 1. The zero-order chi connectivity index (χ0) is 11.5. The number of methoxy groups -OCH3 is 1. The summed E-state index contributed by atoms with van der Waals surface area (Å²) in [5.74, 6) is -0.167. The fourth-order valence-corrected chi connectivity index (χ4v) is 1.82. The lowest BCUT2D eigenvalue weighted by molar-refractivity contribution is 0.0776. The second-order valence-electron chi connectivity index (χ2n) is 3.95. The summed E-state index contributed by atoms with van der Waals surface area (Å²) in [6, 6.07) is 1.73. The fourth-order valence-electron chi connectivity index (χ4n) is 1.82. The van der Waals surface area contributed by atoms with Crippen LogP contribution in [-0.2, 0) is 4.74 Å². The highest BCUT2D eigenvalue weighted by Gasteiger charge is 2.28. The molecule has 1 unspecified atom stereocenters. The van der Waals surface area contributed by atoms with Crippen LogP contribution in [0.1, 0.15) is 16.2 Å². The molecule has 2 heterocycles. The van der Waals surface area contributed by atoms with Crippen LogP contribution in [0.2, 0.25) is 0 Å². The van der Waals surface area contributed by atoms with E-state index in [-0.39, 0.29) is 18.1 Å². The molecule has 16 heavy (non-hydrogen) atoms. The first kappa shape index (κ1) is 11.1. The Labute approximate surface area is 93.8 Å². The van der Waals surface area contributed by atoms with E-state index in [0.29, 0.717) is 5.69 Å². The summed E-state index contributed by atoms with van der Waals surface area (Å²) in [5, 5.41) is 12.7. The van der Waals surface area contributed by atoms with Gasteiger partial charge in [-0.25, -0.2) is 0 Å². The van der Waals surface area contributed by atoms with Gasteiger partial charge >= 0.3 is 0 Å². The number of aromatic nitrogens is 2. The Morgan fingerprint density at radius 2 is 2.44 bits per heavy atom. The van der Waals surface area contributed by atoms with Gasteiger partial charge in [-0.2, -0.15) is 5.10 Å². The highest BCUT2D eigenvalue weighted by molar-refractivity contribution is 5.92. The Morgan fingerprint density at radius 3 is 3.06 bits per heavy atom. The predicted octanol–water partition coefficient (Wildman–Crippen LogP) is -0.565. The molecule has 6 heteroatoms. The first-order valence-corrected chi connectivity index (χ1v) is 5.27. The Hall–Kier alpha value is -1.40. The third kappa shape index (κ3) is 2.23. The smallest absolute Gasteiger partial charge is 0.272 e. The van der Waals surface area contributed by atoms with E-state index in [9.17, 15) is 4.79 Å². The van der Waals surface area contributed by atoms with Crippen LogP contribution < -0.4 is 10.6 Å². The number of amides is 1. The summed E-state index contributed by atoms with van der Waals surface area (Å²) in [4.78, 5) is 11.8. The first-order valence-electron chi connectivity index (χ1n) is 5.27. The van der Waals surface area contributed by atoms with Crippen molar-refractivity contribution >= 4 is 5.91 Å². The van der Waals surface area contributed by atoms with Crippen molar-refractivity contribution in [1.29, 1.82) is 0 Å². The van der Waals surface area contributed by atoms with Gasteiger partial charge in [0.15, 0.2) is 0 Å². The van der Waals surface area contributed by atoms with E-state index in [4.69, 9.17) is 4.74 Å². The van der Waals surface area contributed by atoms with Crippen molar-refractivity contribution in [3.8, 4) is 0 Å².